The van der Waals surface area contributed by atoms with Crippen LogP contribution in [0.5, 0.6) is 0 Å². The number of furan rings is 1. The standard InChI is InChI=1S/C20H26N2O2/c1-4-5-6-7-8-17-9-11-18(12-10-17)15(2)21-22-20(23)19-13-14-24-16(19)3/h9-14H,4-8H2,1-3H3,(H,22,23)/b21-15+. The van der Waals surface area contributed by atoms with E-state index in [1.807, 2.05) is 6.92 Å². The van der Waals surface area contributed by atoms with Gasteiger partial charge in [0.1, 0.15) is 5.76 Å². The van der Waals surface area contributed by atoms with Gasteiger partial charge in [0.05, 0.1) is 17.5 Å². The molecule has 4 nitrogen and oxygen atoms in total. The lowest BCUT2D eigenvalue weighted by molar-refractivity contribution is 0.0953. The molecular formula is C20H26N2O2. The highest BCUT2D eigenvalue weighted by molar-refractivity contribution is 6.01. The van der Waals surface area contributed by atoms with Crippen LogP contribution in [-0.4, -0.2) is 11.6 Å². The van der Waals surface area contributed by atoms with Crippen molar-refractivity contribution in [2.75, 3.05) is 0 Å². The third-order valence-corrected chi connectivity index (χ3v) is 4.12. The van der Waals surface area contributed by atoms with E-state index in [0.29, 0.717) is 11.3 Å². The summed E-state index contributed by atoms with van der Waals surface area (Å²) in [5.74, 6) is 0.334. The maximum absolute atomic E-state index is 12.0. The van der Waals surface area contributed by atoms with Crippen molar-refractivity contribution in [2.24, 2.45) is 5.10 Å². The molecule has 0 aliphatic rings. The fraction of sp³-hybridized carbons (Fsp3) is 0.400. The van der Waals surface area contributed by atoms with Crippen molar-refractivity contribution in [3.05, 3.63) is 59.0 Å². The SMILES string of the molecule is CCCCCCc1ccc(/C(C)=N/NC(=O)c2ccoc2C)cc1. The lowest BCUT2D eigenvalue weighted by Crippen LogP contribution is -2.19. The smallest absolute Gasteiger partial charge is 0.274 e. The Balaban J connectivity index is 1.90. The summed E-state index contributed by atoms with van der Waals surface area (Å²) in [4.78, 5) is 12.0. The molecule has 0 radical (unpaired) electrons. The van der Waals surface area contributed by atoms with Gasteiger partial charge in [-0.1, -0.05) is 50.5 Å². The van der Waals surface area contributed by atoms with Gasteiger partial charge in [-0.25, -0.2) is 5.43 Å². The summed E-state index contributed by atoms with van der Waals surface area (Å²) >= 11 is 0. The highest BCUT2D eigenvalue weighted by Gasteiger charge is 2.10. The molecule has 0 aliphatic heterocycles. The first-order chi connectivity index (χ1) is 11.6. The Morgan fingerprint density at radius 3 is 2.50 bits per heavy atom. The Bertz CT molecular complexity index is 684. The van der Waals surface area contributed by atoms with Gasteiger partial charge in [-0.15, -0.1) is 0 Å². The van der Waals surface area contributed by atoms with Crippen LogP contribution in [0.2, 0.25) is 0 Å². The summed E-state index contributed by atoms with van der Waals surface area (Å²) in [6, 6.07) is 10.0. The minimum Gasteiger partial charge on any atom is -0.469 e. The number of carbonyl (C=O) groups is 1. The monoisotopic (exact) mass is 326 g/mol. The Hall–Kier alpha value is -2.36. The highest BCUT2D eigenvalue weighted by Crippen LogP contribution is 2.11. The lowest BCUT2D eigenvalue weighted by atomic mass is 10.0. The van der Waals surface area contributed by atoms with Gasteiger partial charge in [0.15, 0.2) is 0 Å². The summed E-state index contributed by atoms with van der Waals surface area (Å²) in [5.41, 5.74) is 6.22. The number of amides is 1. The maximum atomic E-state index is 12.0. The van der Waals surface area contributed by atoms with Crippen LogP contribution in [0.3, 0.4) is 0 Å². The maximum Gasteiger partial charge on any atom is 0.274 e. The molecule has 128 valence electrons. The van der Waals surface area contributed by atoms with Crippen molar-refractivity contribution in [3.63, 3.8) is 0 Å². The second kappa shape index (κ2) is 9.06. The third kappa shape index (κ3) is 5.08. The van der Waals surface area contributed by atoms with E-state index in [0.717, 1.165) is 17.7 Å². The number of benzene rings is 1. The van der Waals surface area contributed by atoms with E-state index in [2.05, 4.69) is 41.7 Å². The number of nitrogens with zero attached hydrogens (tertiary/aromatic N) is 1. The van der Waals surface area contributed by atoms with Gasteiger partial charge in [0.25, 0.3) is 5.91 Å². The number of carbonyl (C=O) groups excluding carboxylic acids is 1. The Morgan fingerprint density at radius 1 is 1.12 bits per heavy atom. The van der Waals surface area contributed by atoms with Gasteiger partial charge in [0, 0.05) is 0 Å². The molecule has 1 N–H and O–H groups in total. The van der Waals surface area contributed by atoms with Crippen molar-refractivity contribution in [1.29, 1.82) is 0 Å². The van der Waals surface area contributed by atoms with Crippen LogP contribution < -0.4 is 5.43 Å². The first-order valence-corrected chi connectivity index (χ1v) is 8.60. The summed E-state index contributed by atoms with van der Waals surface area (Å²) in [5, 5.41) is 4.18. The molecule has 0 saturated heterocycles. The number of nitrogens with one attached hydrogen (secondary N) is 1. The summed E-state index contributed by atoms with van der Waals surface area (Å²) < 4.78 is 5.13. The summed E-state index contributed by atoms with van der Waals surface area (Å²) in [6.07, 6.45) is 7.71. The molecule has 0 bridgehead atoms. The van der Waals surface area contributed by atoms with Crippen LogP contribution in [0.25, 0.3) is 0 Å². The van der Waals surface area contributed by atoms with Crippen molar-refractivity contribution < 1.29 is 9.21 Å². The zero-order valence-electron chi connectivity index (χ0n) is 14.8. The molecule has 0 fully saturated rings. The number of hydrogen-bond donors (Lipinski definition) is 1. The van der Waals surface area contributed by atoms with Crippen LogP contribution in [0.15, 0.2) is 46.1 Å². The zero-order valence-corrected chi connectivity index (χ0v) is 14.8. The fourth-order valence-electron chi connectivity index (χ4n) is 2.55. The molecule has 1 aromatic heterocycles. The molecule has 1 aromatic carbocycles. The molecule has 1 amide bonds. The molecule has 2 rings (SSSR count). The lowest BCUT2D eigenvalue weighted by Gasteiger charge is -2.05. The summed E-state index contributed by atoms with van der Waals surface area (Å²) in [6.45, 7) is 5.87. The molecule has 0 atom stereocenters. The number of rotatable bonds is 8. The molecule has 0 aliphatic carbocycles. The van der Waals surface area contributed by atoms with E-state index in [4.69, 9.17) is 4.42 Å². The predicted molar refractivity (Wildman–Crippen MR) is 97.4 cm³/mol. The minimum absolute atomic E-state index is 0.256. The first-order valence-electron chi connectivity index (χ1n) is 8.60. The van der Waals surface area contributed by atoms with Crippen LogP contribution in [0.1, 0.15) is 66.8 Å². The quantitative estimate of drug-likeness (QED) is 0.427. The second-order valence-electron chi connectivity index (χ2n) is 6.04. The first kappa shape index (κ1) is 18.0. The molecule has 2 aromatic rings. The number of unbranched alkanes of at least 4 members (excludes halogenated alkanes) is 3. The summed E-state index contributed by atoms with van der Waals surface area (Å²) in [7, 11) is 0. The molecule has 24 heavy (non-hydrogen) atoms. The van der Waals surface area contributed by atoms with Crippen molar-refractivity contribution in [3.8, 4) is 0 Å². The average Bonchev–Trinajstić information content (AvgIpc) is 3.03. The second-order valence-corrected chi connectivity index (χ2v) is 6.04. The van der Waals surface area contributed by atoms with Crippen LogP contribution in [0.4, 0.5) is 0 Å². The van der Waals surface area contributed by atoms with E-state index in [-0.39, 0.29) is 5.91 Å². The van der Waals surface area contributed by atoms with Gasteiger partial charge < -0.3 is 4.42 Å². The van der Waals surface area contributed by atoms with Gasteiger partial charge in [-0.3, -0.25) is 4.79 Å². The fourth-order valence-corrected chi connectivity index (χ4v) is 2.55. The minimum atomic E-state index is -0.256. The van der Waals surface area contributed by atoms with Gasteiger partial charge in [0.2, 0.25) is 0 Å². The van der Waals surface area contributed by atoms with E-state index in [1.165, 1.54) is 37.5 Å². The van der Waals surface area contributed by atoms with E-state index < -0.39 is 0 Å². The van der Waals surface area contributed by atoms with Crippen LogP contribution in [-0.2, 0) is 6.42 Å². The number of hydrazone groups is 1. The molecule has 0 unspecified atom stereocenters. The van der Waals surface area contributed by atoms with Gasteiger partial charge in [-0.05, 0) is 43.9 Å². The molecule has 4 heteroatoms. The van der Waals surface area contributed by atoms with Crippen molar-refractivity contribution in [1.82, 2.24) is 5.43 Å². The Morgan fingerprint density at radius 2 is 1.88 bits per heavy atom. The average molecular weight is 326 g/mol. The Labute approximate surface area is 144 Å². The predicted octanol–water partition coefficient (Wildman–Crippen LogP) is 4.86. The van der Waals surface area contributed by atoms with Crippen molar-refractivity contribution in [2.45, 2.75) is 52.9 Å². The molecule has 1 heterocycles. The molecular weight excluding hydrogens is 300 g/mol. The van der Waals surface area contributed by atoms with Gasteiger partial charge in [-0.2, -0.15) is 5.10 Å². The topological polar surface area (TPSA) is 54.6 Å². The van der Waals surface area contributed by atoms with Gasteiger partial charge >= 0.3 is 0 Å². The van der Waals surface area contributed by atoms with Crippen LogP contribution in [0, 0.1) is 6.92 Å². The van der Waals surface area contributed by atoms with E-state index >= 15 is 0 Å². The number of aryl methyl sites for hydroxylation is 2. The van der Waals surface area contributed by atoms with Crippen molar-refractivity contribution >= 4 is 11.6 Å². The molecule has 0 saturated carbocycles. The Kier molecular flexibility index (Phi) is 6.79. The zero-order chi connectivity index (χ0) is 17.4. The number of hydrogen-bond acceptors (Lipinski definition) is 3. The normalized spacial score (nSPS) is 11.5. The van der Waals surface area contributed by atoms with E-state index in [1.54, 1.807) is 13.0 Å². The highest BCUT2D eigenvalue weighted by atomic mass is 16.3. The third-order valence-electron chi connectivity index (χ3n) is 4.12. The van der Waals surface area contributed by atoms with E-state index in [9.17, 15) is 4.79 Å². The largest absolute Gasteiger partial charge is 0.469 e. The van der Waals surface area contributed by atoms with Crippen LogP contribution >= 0.6 is 0 Å². The molecule has 0 spiro atoms.